The number of anilines is 3. The SMILES string of the molecule is CCOc1ccc(C2=C(Nc3ccc(N4CCCC4)cc3)C(=O)N(c3ccccc3C)C2=O)cc1. The molecule has 1 N–H and O–H groups in total. The first-order valence-corrected chi connectivity index (χ1v) is 12.1. The molecule has 0 radical (unpaired) electrons. The predicted octanol–water partition coefficient (Wildman–Crippen LogP) is 5.39. The van der Waals surface area contributed by atoms with Crippen LogP contribution < -0.4 is 19.9 Å². The maximum Gasteiger partial charge on any atom is 0.282 e. The normalized spacial score (nSPS) is 15.8. The third kappa shape index (κ3) is 4.39. The minimum atomic E-state index is -0.364. The van der Waals surface area contributed by atoms with Crippen molar-refractivity contribution in [2.45, 2.75) is 26.7 Å². The molecule has 178 valence electrons. The monoisotopic (exact) mass is 467 g/mol. The second-order valence-electron chi connectivity index (χ2n) is 8.81. The van der Waals surface area contributed by atoms with Gasteiger partial charge in [0.15, 0.2) is 0 Å². The molecule has 0 bridgehead atoms. The lowest BCUT2D eigenvalue weighted by molar-refractivity contribution is -0.120. The Morgan fingerprint density at radius 2 is 1.54 bits per heavy atom. The summed E-state index contributed by atoms with van der Waals surface area (Å²) < 4.78 is 5.56. The lowest BCUT2D eigenvalue weighted by Gasteiger charge is -2.19. The van der Waals surface area contributed by atoms with Gasteiger partial charge in [-0.25, -0.2) is 4.90 Å². The average Bonchev–Trinajstić information content (AvgIpc) is 3.49. The molecular formula is C29H29N3O3. The van der Waals surface area contributed by atoms with E-state index in [0.29, 0.717) is 23.4 Å². The Bertz CT molecular complexity index is 1270. The number of carbonyl (C=O) groups excluding carboxylic acids is 2. The Morgan fingerprint density at radius 3 is 2.20 bits per heavy atom. The van der Waals surface area contributed by atoms with Gasteiger partial charge in [-0.15, -0.1) is 0 Å². The number of aryl methyl sites for hydroxylation is 1. The molecule has 1 fully saturated rings. The number of nitrogens with zero attached hydrogens (tertiary/aromatic N) is 2. The van der Waals surface area contributed by atoms with Crippen LogP contribution in [0.15, 0.2) is 78.5 Å². The molecule has 3 aromatic rings. The van der Waals surface area contributed by atoms with E-state index in [1.165, 1.54) is 23.4 Å². The van der Waals surface area contributed by atoms with Gasteiger partial charge in [-0.3, -0.25) is 9.59 Å². The van der Waals surface area contributed by atoms with Gasteiger partial charge in [0.2, 0.25) is 0 Å². The van der Waals surface area contributed by atoms with Crippen LogP contribution >= 0.6 is 0 Å². The number of nitrogens with one attached hydrogen (secondary N) is 1. The topological polar surface area (TPSA) is 61.9 Å². The fourth-order valence-corrected chi connectivity index (χ4v) is 4.71. The van der Waals surface area contributed by atoms with Gasteiger partial charge in [-0.05, 0) is 80.3 Å². The lowest BCUT2D eigenvalue weighted by Crippen LogP contribution is -2.33. The van der Waals surface area contributed by atoms with Crippen molar-refractivity contribution in [2.75, 3.05) is 34.8 Å². The van der Waals surface area contributed by atoms with Crippen molar-refractivity contribution >= 4 is 34.4 Å². The standard InChI is InChI=1S/C29H29N3O3/c1-3-35-24-16-10-21(11-17-24)26-27(29(34)32(28(26)33)25-9-5-4-8-20(25)2)30-22-12-14-23(15-13-22)31-18-6-7-19-31/h4-5,8-17,30H,3,6-7,18-19H2,1-2H3. The van der Waals surface area contributed by atoms with E-state index in [0.717, 1.165) is 30.1 Å². The number of rotatable bonds is 7. The minimum Gasteiger partial charge on any atom is -0.494 e. The first kappa shape index (κ1) is 22.7. The Hall–Kier alpha value is -4.06. The number of hydrogen-bond donors (Lipinski definition) is 1. The molecule has 35 heavy (non-hydrogen) atoms. The first-order valence-electron chi connectivity index (χ1n) is 12.1. The zero-order valence-corrected chi connectivity index (χ0v) is 20.1. The lowest BCUT2D eigenvalue weighted by atomic mass is 10.0. The predicted molar refractivity (Wildman–Crippen MR) is 140 cm³/mol. The van der Waals surface area contributed by atoms with E-state index in [4.69, 9.17) is 4.74 Å². The van der Waals surface area contributed by atoms with Crippen molar-refractivity contribution in [1.29, 1.82) is 0 Å². The molecule has 3 aromatic carbocycles. The van der Waals surface area contributed by atoms with Gasteiger partial charge in [0.05, 0.1) is 17.9 Å². The second-order valence-corrected chi connectivity index (χ2v) is 8.81. The molecule has 1 saturated heterocycles. The number of carbonyl (C=O) groups is 2. The molecule has 0 unspecified atom stereocenters. The first-order chi connectivity index (χ1) is 17.1. The van der Waals surface area contributed by atoms with Crippen LogP contribution in [-0.4, -0.2) is 31.5 Å². The molecule has 2 amide bonds. The third-order valence-electron chi connectivity index (χ3n) is 6.50. The molecule has 0 saturated carbocycles. The van der Waals surface area contributed by atoms with Gasteiger partial charge < -0.3 is 15.0 Å². The van der Waals surface area contributed by atoms with E-state index in [1.807, 2.05) is 68.4 Å². The molecule has 0 atom stereocenters. The summed E-state index contributed by atoms with van der Waals surface area (Å²) in [6, 6.07) is 22.8. The van der Waals surface area contributed by atoms with Crippen molar-refractivity contribution in [2.24, 2.45) is 0 Å². The summed E-state index contributed by atoms with van der Waals surface area (Å²) in [5.41, 5.74) is 4.67. The van der Waals surface area contributed by atoms with Gasteiger partial charge in [-0.1, -0.05) is 30.3 Å². The Balaban J connectivity index is 1.52. The smallest absolute Gasteiger partial charge is 0.282 e. The number of benzene rings is 3. The molecule has 2 aliphatic heterocycles. The van der Waals surface area contributed by atoms with Gasteiger partial charge in [-0.2, -0.15) is 0 Å². The van der Waals surface area contributed by atoms with Crippen molar-refractivity contribution in [3.63, 3.8) is 0 Å². The highest BCUT2D eigenvalue weighted by molar-refractivity contribution is 6.46. The Labute approximate surface area is 205 Å². The van der Waals surface area contributed by atoms with Crippen LogP contribution in [0.25, 0.3) is 5.57 Å². The molecule has 2 heterocycles. The maximum absolute atomic E-state index is 13.7. The fraction of sp³-hybridized carbons (Fsp3) is 0.241. The summed E-state index contributed by atoms with van der Waals surface area (Å²) in [4.78, 5) is 31.0. The quantitative estimate of drug-likeness (QED) is 0.472. The van der Waals surface area contributed by atoms with Gasteiger partial charge in [0.25, 0.3) is 11.8 Å². The van der Waals surface area contributed by atoms with Gasteiger partial charge >= 0.3 is 0 Å². The van der Waals surface area contributed by atoms with Gasteiger partial charge in [0.1, 0.15) is 11.4 Å². The van der Waals surface area contributed by atoms with Crippen molar-refractivity contribution in [1.82, 2.24) is 0 Å². The molecule has 5 rings (SSSR count). The fourth-order valence-electron chi connectivity index (χ4n) is 4.71. The summed E-state index contributed by atoms with van der Waals surface area (Å²) in [7, 11) is 0. The number of hydrogen-bond acceptors (Lipinski definition) is 5. The highest BCUT2D eigenvalue weighted by Gasteiger charge is 2.40. The van der Waals surface area contributed by atoms with Crippen LogP contribution in [0.4, 0.5) is 17.1 Å². The molecule has 0 aliphatic carbocycles. The van der Waals surface area contributed by atoms with E-state index in [1.54, 1.807) is 6.07 Å². The zero-order chi connectivity index (χ0) is 24.4. The number of para-hydroxylation sites is 1. The summed E-state index contributed by atoms with van der Waals surface area (Å²) in [5.74, 6) is 0.0119. The Morgan fingerprint density at radius 1 is 0.857 bits per heavy atom. The maximum atomic E-state index is 13.7. The third-order valence-corrected chi connectivity index (χ3v) is 6.50. The molecule has 0 spiro atoms. The summed E-state index contributed by atoms with van der Waals surface area (Å²) in [6.45, 7) is 6.51. The van der Waals surface area contributed by atoms with Crippen molar-refractivity contribution in [3.05, 3.63) is 89.6 Å². The van der Waals surface area contributed by atoms with E-state index in [2.05, 4.69) is 22.3 Å². The molecule has 6 heteroatoms. The zero-order valence-electron chi connectivity index (χ0n) is 20.1. The molecular weight excluding hydrogens is 438 g/mol. The molecule has 2 aliphatic rings. The minimum absolute atomic E-state index is 0.274. The number of amides is 2. The van der Waals surface area contributed by atoms with E-state index < -0.39 is 0 Å². The van der Waals surface area contributed by atoms with Crippen molar-refractivity contribution in [3.8, 4) is 5.75 Å². The van der Waals surface area contributed by atoms with Gasteiger partial charge in [0, 0.05) is 24.5 Å². The Kier molecular flexibility index (Phi) is 6.27. The molecule has 0 aromatic heterocycles. The van der Waals surface area contributed by atoms with Crippen LogP contribution in [0.3, 0.4) is 0 Å². The van der Waals surface area contributed by atoms with Crippen LogP contribution in [0, 0.1) is 6.92 Å². The highest BCUT2D eigenvalue weighted by atomic mass is 16.5. The summed E-state index contributed by atoms with van der Waals surface area (Å²) in [6.07, 6.45) is 2.42. The summed E-state index contributed by atoms with van der Waals surface area (Å²) in [5, 5.41) is 3.26. The second kappa shape index (κ2) is 9.66. The van der Waals surface area contributed by atoms with Crippen molar-refractivity contribution < 1.29 is 14.3 Å². The highest BCUT2D eigenvalue weighted by Crippen LogP contribution is 2.36. The van der Waals surface area contributed by atoms with Crippen LogP contribution in [-0.2, 0) is 9.59 Å². The van der Waals surface area contributed by atoms with E-state index >= 15 is 0 Å². The van der Waals surface area contributed by atoms with Crippen LogP contribution in [0.2, 0.25) is 0 Å². The van der Waals surface area contributed by atoms with Crippen LogP contribution in [0.5, 0.6) is 5.75 Å². The summed E-state index contributed by atoms with van der Waals surface area (Å²) >= 11 is 0. The van der Waals surface area contributed by atoms with Crippen LogP contribution in [0.1, 0.15) is 30.9 Å². The van der Waals surface area contributed by atoms with E-state index in [9.17, 15) is 9.59 Å². The number of imide groups is 1. The largest absolute Gasteiger partial charge is 0.494 e. The molecule has 6 nitrogen and oxygen atoms in total. The average molecular weight is 468 g/mol. The van der Waals surface area contributed by atoms with E-state index in [-0.39, 0.29) is 17.5 Å². The number of ether oxygens (including phenoxy) is 1.